The zero-order valence-corrected chi connectivity index (χ0v) is 11.6. The van der Waals surface area contributed by atoms with Crippen LogP contribution in [0.15, 0.2) is 24.3 Å². The van der Waals surface area contributed by atoms with E-state index < -0.39 is 5.97 Å². The van der Waals surface area contributed by atoms with Crippen LogP contribution in [0.5, 0.6) is 5.75 Å². The standard InChI is InChI=1S/C15H22N2O3/c16-13-2-4-14(5-3-13)20-11-1-8-17-9-6-12(7-10-17)15(18)19/h2-5,12H,1,6-11,16H2,(H,18,19). The molecule has 1 aliphatic rings. The van der Waals surface area contributed by atoms with Crippen molar-refractivity contribution in [1.29, 1.82) is 0 Å². The number of carbonyl (C=O) groups is 1. The third-order valence-electron chi connectivity index (χ3n) is 3.70. The van der Waals surface area contributed by atoms with Gasteiger partial charge in [-0.1, -0.05) is 0 Å². The summed E-state index contributed by atoms with van der Waals surface area (Å²) < 4.78 is 5.64. The number of nitrogens with two attached hydrogens (primary N) is 1. The number of nitrogen functional groups attached to an aromatic ring is 1. The summed E-state index contributed by atoms with van der Waals surface area (Å²) in [5, 5.41) is 8.94. The van der Waals surface area contributed by atoms with Crippen LogP contribution in [0.1, 0.15) is 19.3 Å². The third kappa shape index (κ3) is 4.42. The number of carboxylic acids is 1. The lowest BCUT2D eigenvalue weighted by atomic mass is 9.97. The molecular weight excluding hydrogens is 256 g/mol. The molecule has 0 saturated carbocycles. The van der Waals surface area contributed by atoms with Gasteiger partial charge in [0.2, 0.25) is 0 Å². The fourth-order valence-electron chi connectivity index (χ4n) is 2.45. The number of hydrogen-bond acceptors (Lipinski definition) is 4. The van der Waals surface area contributed by atoms with E-state index in [-0.39, 0.29) is 5.92 Å². The van der Waals surface area contributed by atoms with E-state index in [1.807, 2.05) is 24.3 Å². The van der Waals surface area contributed by atoms with Gasteiger partial charge in [-0.3, -0.25) is 4.79 Å². The summed E-state index contributed by atoms with van der Waals surface area (Å²) in [6.07, 6.45) is 2.46. The van der Waals surface area contributed by atoms with E-state index in [0.29, 0.717) is 6.61 Å². The first-order chi connectivity index (χ1) is 9.65. The highest BCUT2D eigenvalue weighted by Crippen LogP contribution is 2.17. The monoisotopic (exact) mass is 278 g/mol. The highest BCUT2D eigenvalue weighted by Gasteiger charge is 2.23. The predicted molar refractivity (Wildman–Crippen MR) is 77.8 cm³/mol. The fraction of sp³-hybridized carbons (Fsp3) is 0.533. The summed E-state index contributed by atoms with van der Waals surface area (Å²) in [5.41, 5.74) is 6.34. The highest BCUT2D eigenvalue weighted by molar-refractivity contribution is 5.70. The van der Waals surface area contributed by atoms with Crippen molar-refractivity contribution in [3.8, 4) is 5.75 Å². The Balaban J connectivity index is 1.60. The van der Waals surface area contributed by atoms with E-state index in [2.05, 4.69) is 4.90 Å². The van der Waals surface area contributed by atoms with Crippen molar-refractivity contribution >= 4 is 11.7 Å². The molecule has 5 heteroatoms. The van der Waals surface area contributed by atoms with Gasteiger partial charge in [-0.25, -0.2) is 0 Å². The van der Waals surface area contributed by atoms with Crippen LogP contribution in [0, 0.1) is 5.92 Å². The van der Waals surface area contributed by atoms with Gasteiger partial charge in [0.1, 0.15) is 5.75 Å². The zero-order chi connectivity index (χ0) is 14.4. The minimum absolute atomic E-state index is 0.155. The molecule has 0 radical (unpaired) electrons. The summed E-state index contributed by atoms with van der Waals surface area (Å²) >= 11 is 0. The summed E-state index contributed by atoms with van der Waals surface area (Å²) in [6.45, 7) is 3.38. The fourth-order valence-corrected chi connectivity index (χ4v) is 2.45. The molecule has 3 N–H and O–H groups in total. The Kier molecular flexibility index (Phi) is 5.24. The minimum atomic E-state index is -0.656. The maximum Gasteiger partial charge on any atom is 0.306 e. The van der Waals surface area contributed by atoms with Gasteiger partial charge in [-0.2, -0.15) is 0 Å². The molecule has 1 saturated heterocycles. The predicted octanol–water partition coefficient (Wildman–Crippen LogP) is 1.83. The number of rotatable bonds is 6. The Morgan fingerprint density at radius 3 is 2.55 bits per heavy atom. The Morgan fingerprint density at radius 2 is 1.95 bits per heavy atom. The Bertz CT molecular complexity index is 425. The first-order valence-corrected chi connectivity index (χ1v) is 7.08. The lowest BCUT2D eigenvalue weighted by Gasteiger charge is -2.29. The van der Waals surface area contributed by atoms with E-state index in [9.17, 15) is 4.79 Å². The Morgan fingerprint density at radius 1 is 1.30 bits per heavy atom. The van der Waals surface area contributed by atoms with E-state index >= 15 is 0 Å². The van der Waals surface area contributed by atoms with Crippen molar-refractivity contribution in [2.75, 3.05) is 32.0 Å². The molecule has 1 heterocycles. The molecule has 2 rings (SSSR count). The molecule has 0 bridgehead atoms. The summed E-state index contributed by atoms with van der Waals surface area (Å²) in [4.78, 5) is 13.2. The van der Waals surface area contributed by atoms with Crippen LogP contribution in [0.3, 0.4) is 0 Å². The molecule has 1 fully saturated rings. The largest absolute Gasteiger partial charge is 0.494 e. The number of hydrogen-bond donors (Lipinski definition) is 2. The van der Waals surface area contributed by atoms with Gasteiger partial charge in [0.15, 0.2) is 0 Å². The summed E-state index contributed by atoms with van der Waals surface area (Å²) in [7, 11) is 0. The smallest absolute Gasteiger partial charge is 0.306 e. The van der Waals surface area contributed by atoms with Crippen LogP contribution in [0.25, 0.3) is 0 Å². The second kappa shape index (κ2) is 7.14. The van der Waals surface area contributed by atoms with Gasteiger partial charge in [0, 0.05) is 12.2 Å². The van der Waals surface area contributed by atoms with Gasteiger partial charge < -0.3 is 20.5 Å². The maximum absolute atomic E-state index is 10.9. The second-order valence-corrected chi connectivity index (χ2v) is 5.23. The molecule has 5 nitrogen and oxygen atoms in total. The van der Waals surface area contributed by atoms with E-state index in [4.69, 9.17) is 15.6 Å². The minimum Gasteiger partial charge on any atom is -0.494 e. The Labute approximate surface area is 119 Å². The van der Waals surface area contributed by atoms with Gasteiger partial charge in [0.25, 0.3) is 0 Å². The molecule has 1 aromatic rings. The van der Waals surface area contributed by atoms with Crippen LogP contribution in [-0.4, -0.2) is 42.2 Å². The molecule has 0 aliphatic carbocycles. The van der Waals surface area contributed by atoms with Gasteiger partial charge in [-0.05, 0) is 56.6 Å². The van der Waals surface area contributed by atoms with Gasteiger partial charge in [-0.15, -0.1) is 0 Å². The lowest BCUT2D eigenvalue weighted by molar-refractivity contribution is -0.143. The quantitative estimate of drug-likeness (QED) is 0.613. The van der Waals surface area contributed by atoms with Crippen molar-refractivity contribution in [3.63, 3.8) is 0 Å². The number of carboxylic acid groups (broad SMARTS) is 1. The molecule has 0 atom stereocenters. The second-order valence-electron chi connectivity index (χ2n) is 5.23. The molecule has 1 aromatic carbocycles. The molecular formula is C15H22N2O3. The van der Waals surface area contributed by atoms with Crippen LogP contribution < -0.4 is 10.5 Å². The SMILES string of the molecule is Nc1ccc(OCCCN2CCC(C(=O)O)CC2)cc1. The highest BCUT2D eigenvalue weighted by atomic mass is 16.5. The van der Waals surface area contributed by atoms with Crippen molar-refractivity contribution in [1.82, 2.24) is 4.90 Å². The number of piperidine rings is 1. The topological polar surface area (TPSA) is 75.8 Å². The van der Waals surface area contributed by atoms with Crippen molar-refractivity contribution in [2.45, 2.75) is 19.3 Å². The van der Waals surface area contributed by atoms with Crippen molar-refractivity contribution in [2.24, 2.45) is 5.92 Å². The maximum atomic E-state index is 10.9. The van der Waals surface area contributed by atoms with Gasteiger partial charge in [0.05, 0.1) is 12.5 Å². The molecule has 0 amide bonds. The normalized spacial score (nSPS) is 17.0. The molecule has 20 heavy (non-hydrogen) atoms. The number of likely N-dealkylation sites (tertiary alicyclic amines) is 1. The van der Waals surface area contributed by atoms with Crippen LogP contribution in [0.2, 0.25) is 0 Å². The molecule has 1 aliphatic heterocycles. The summed E-state index contributed by atoms with van der Waals surface area (Å²) in [6, 6.07) is 7.39. The molecule has 0 aromatic heterocycles. The van der Waals surface area contributed by atoms with Gasteiger partial charge >= 0.3 is 5.97 Å². The van der Waals surface area contributed by atoms with E-state index in [0.717, 1.165) is 50.3 Å². The molecule has 0 spiro atoms. The average molecular weight is 278 g/mol. The van der Waals surface area contributed by atoms with Crippen LogP contribution in [-0.2, 0) is 4.79 Å². The number of benzene rings is 1. The number of ether oxygens (including phenoxy) is 1. The Hall–Kier alpha value is -1.75. The zero-order valence-electron chi connectivity index (χ0n) is 11.6. The lowest BCUT2D eigenvalue weighted by Crippen LogP contribution is -2.37. The number of aliphatic carboxylic acids is 1. The van der Waals surface area contributed by atoms with Crippen LogP contribution >= 0.6 is 0 Å². The average Bonchev–Trinajstić information content (AvgIpc) is 2.46. The number of anilines is 1. The summed E-state index contributed by atoms with van der Waals surface area (Å²) in [5.74, 6) is 0.0254. The van der Waals surface area contributed by atoms with Crippen molar-refractivity contribution in [3.05, 3.63) is 24.3 Å². The first-order valence-electron chi connectivity index (χ1n) is 7.08. The first kappa shape index (κ1) is 14.7. The van der Waals surface area contributed by atoms with E-state index in [1.54, 1.807) is 0 Å². The molecule has 0 unspecified atom stereocenters. The van der Waals surface area contributed by atoms with Crippen LogP contribution in [0.4, 0.5) is 5.69 Å². The molecule has 110 valence electrons. The third-order valence-corrected chi connectivity index (χ3v) is 3.70. The number of nitrogens with zero attached hydrogens (tertiary/aromatic N) is 1. The van der Waals surface area contributed by atoms with Crippen molar-refractivity contribution < 1.29 is 14.6 Å². The van der Waals surface area contributed by atoms with E-state index in [1.165, 1.54) is 0 Å².